The van der Waals surface area contributed by atoms with E-state index in [-0.39, 0.29) is 13.2 Å². The predicted molar refractivity (Wildman–Crippen MR) is 86.5 cm³/mol. The topological polar surface area (TPSA) is 76.7 Å². The van der Waals surface area contributed by atoms with Gasteiger partial charge in [-0.15, -0.1) is 0 Å². The number of nitrogens with one attached hydrogen (secondary N) is 2. The van der Waals surface area contributed by atoms with E-state index in [1.165, 1.54) is 18.2 Å². The summed E-state index contributed by atoms with van der Waals surface area (Å²) in [6, 6.07) is 12.2. The molecule has 0 atom stereocenters. The molecule has 24 heavy (non-hydrogen) atoms. The molecule has 0 saturated carbocycles. The fraction of sp³-hybridized carbons (Fsp3) is 0.176. The molecule has 0 aliphatic heterocycles. The number of benzene rings is 2. The van der Waals surface area contributed by atoms with Gasteiger partial charge in [-0.2, -0.15) is 0 Å². The van der Waals surface area contributed by atoms with Gasteiger partial charge < -0.3 is 20.1 Å². The summed E-state index contributed by atoms with van der Waals surface area (Å²) in [4.78, 5) is 23.3. The maximum Gasteiger partial charge on any atom is 0.258 e. The molecule has 0 bridgehead atoms. The molecule has 2 amide bonds. The van der Waals surface area contributed by atoms with Gasteiger partial charge in [-0.05, 0) is 42.5 Å². The second kappa shape index (κ2) is 8.52. The van der Waals surface area contributed by atoms with Crippen LogP contribution in [0, 0.1) is 5.82 Å². The van der Waals surface area contributed by atoms with Gasteiger partial charge in [-0.3, -0.25) is 9.59 Å². The Kier molecular flexibility index (Phi) is 6.13. The third-order valence-corrected chi connectivity index (χ3v) is 2.98. The first kappa shape index (κ1) is 17.3. The third-order valence-electron chi connectivity index (χ3n) is 2.98. The zero-order chi connectivity index (χ0) is 17.4. The van der Waals surface area contributed by atoms with Crippen molar-refractivity contribution in [1.29, 1.82) is 0 Å². The quantitative estimate of drug-likeness (QED) is 0.813. The number of ether oxygens (including phenoxy) is 2. The number of rotatable bonds is 7. The van der Waals surface area contributed by atoms with Crippen molar-refractivity contribution >= 4 is 17.5 Å². The normalized spacial score (nSPS) is 9.92. The molecule has 0 unspecified atom stereocenters. The number of hydrogen-bond donors (Lipinski definition) is 2. The Morgan fingerprint density at radius 3 is 2.42 bits per heavy atom. The highest BCUT2D eigenvalue weighted by molar-refractivity contribution is 5.94. The van der Waals surface area contributed by atoms with Gasteiger partial charge in [0, 0.05) is 5.69 Å². The zero-order valence-electron chi connectivity index (χ0n) is 13.0. The summed E-state index contributed by atoms with van der Waals surface area (Å²) in [6.45, 7) is -0.457. The molecule has 2 N–H and O–H groups in total. The van der Waals surface area contributed by atoms with Gasteiger partial charge in [0.05, 0.1) is 13.7 Å². The molecule has 2 rings (SSSR count). The maximum atomic E-state index is 13.0. The molecule has 0 aliphatic carbocycles. The van der Waals surface area contributed by atoms with Gasteiger partial charge in [0.15, 0.2) is 6.61 Å². The van der Waals surface area contributed by atoms with E-state index in [1.807, 2.05) is 0 Å². The van der Waals surface area contributed by atoms with Crippen molar-refractivity contribution in [3.8, 4) is 11.5 Å². The van der Waals surface area contributed by atoms with Crippen molar-refractivity contribution in [3.63, 3.8) is 0 Å². The van der Waals surface area contributed by atoms with Crippen LogP contribution in [0.15, 0.2) is 48.5 Å². The molecule has 0 saturated heterocycles. The lowest BCUT2D eigenvalue weighted by atomic mass is 10.3. The largest absolute Gasteiger partial charge is 0.497 e. The van der Waals surface area contributed by atoms with E-state index in [9.17, 15) is 14.0 Å². The summed E-state index contributed by atoms with van der Waals surface area (Å²) in [5.41, 5.74) is 0.323. The average molecular weight is 332 g/mol. The zero-order valence-corrected chi connectivity index (χ0v) is 13.0. The van der Waals surface area contributed by atoms with Crippen LogP contribution in [-0.2, 0) is 9.59 Å². The summed E-state index contributed by atoms with van der Waals surface area (Å²) < 4.78 is 23.3. The van der Waals surface area contributed by atoms with Crippen molar-refractivity contribution < 1.29 is 23.5 Å². The van der Waals surface area contributed by atoms with Crippen LogP contribution in [0.3, 0.4) is 0 Å². The first-order chi connectivity index (χ1) is 11.6. The fourth-order valence-corrected chi connectivity index (χ4v) is 1.82. The second-order valence-electron chi connectivity index (χ2n) is 4.80. The lowest BCUT2D eigenvalue weighted by Crippen LogP contribution is -2.35. The number of carbonyl (C=O) groups excluding carboxylic acids is 2. The summed E-state index contributed by atoms with van der Waals surface area (Å²) in [6.07, 6.45) is 0. The Morgan fingerprint density at radius 1 is 1.04 bits per heavy atom. The van der Waals surface area contributed by atoms with Crippen LogP contribution < -0.4 is 20.1 Å². The van der Waals surface area contributed by atoms with Crippen molar-refractivity contribution in [2.45, 2.75) is 0 Å². The Hall–Kier alpha value is -3.09. The molecule has 126 valence electrons. The molecule has 0 aromatic heterocycles. The van der Waals surface area contributed by atoms with E-state index < -0.39 is 17.6 Å². The molecule has 7 heteroatoms. The van der Waals surface area contributed by atoms with Gasteiger partial charge in [0.1, 0.15) is 17.3 Å². The van der Waals surface area contributed by atoms with E-state index in [2.05, 4.69) is 10.6 Å². The van der Waals surface area contributed by atoms with Crippen LogP contribution in [0.5, 0.6) is 11.5 Å². The van der Waals surface area contributed by atoms with E-state index in [1.54, 1.807) is 37.4 Å². The van der Waals surface area contributed by atoms with Crippen molar-refractivity contribution in [1.82, 2.24) is 5.32 Å². The van der Waals surface area contributed by atoms with Crippen LogP contribution in [-0.4, -0.2) is 32.1 Å². The molecule has 0 radical (unpaired) electrons. The van der Waals surface area contributed by atoms with Gasteiger partial charge in [0.25, 0.3) is 5.91 Å². The van der Waals surface area contributed by atoms with Gasteiger partial charge in [0.2, 0.25) is 5.91 Å². The lowest BCUT2D eigenvalue weighted by molar-refractivity contribution is -0.125. The molecule has 0 fully saturated rings. The summed E-state index contributed by atoms with van der Waals surface area (Å²) in [5, 5.41) is 4.89. The standard InChI is InChI=1S/C17H17FN2O4/c1-23-14-5-7-15(8-6-14)24-11-17(22)19-10-16(21)20-13-4-2-3-12(18)9-13/h2-9H,10-11H2,1H3,(H,19,22)(H,20,21). The highest BCUT2D eigenvalue weighted by Gasteiger charge is 2.07. The van der Waals surface area contributed by atoms with E-state index in [4.69, 9.17) is 9.47 Å². The molecular formula is C17H17FN2O4. The van der Waals surface area contributed by atoms with E-state index >= 15 is 0 Å². The van der Waals surface area contributed by atoms with Crippen molar-refractivity contribution in [2.75, 3.05) is 25.6 Å². The first-order valence-electron chi connectivity index (χ1n) is 7.16. The third kappa shape index (κ3) is 5.60. The molecular weight excluding hydrogens is 315 g/mol. The number of halogens is 1. The first-order valence-corrected chi connectivity index (χ1v) is 7.16. The Labute approximate surface area is 138 Å². The Morgan fingerprint density at radius 2 is 1.75 bits per heavy atom. The molecule has 0 spiro atoms. The monoisotopic (exact) mass is 332 g/mol. The number of anilines is 1. The van der Waals surface area contributed by atoms with Crippen LogP contribution in [0.4, 0.5) is 10.1 Å². The minimum Gasteiger partial charge on any atom is -0.497 e. The Bertz CT molecular complexity index is 704. The van der Waals surface area contributed by atoms with Crippen LogP contribution in [0.1, 0.15) is 0 Å². The minimum atomic E-state index is -0.460. The molecule has 0 aliphatic rings. The fourth-order valence-electron chi connectivity index (χ4n) is 1.82. The molecule has 6 nitrogen and oxygen atoms in total. The molecule has 2 aromatic carbocycles. The highest BCUT2D eigenvalue weighted by atomic mass is 19.1. The smallest absolute Gasteiger partial charge is 0.258 e. The van der Waals surface area contributed by atoms with Crippen molar-refractivity contribution in [3.05, 3.63) is 54.3 Å². The number of amides is 2. The van der Waals surface area contributed by atoms with E-state index in [0.717, 1.165) is 0 Å². The lowest BCUT2D eigenvalue weighted by Gasteiger charge is -2.09. The summed E-state index contributed by atoms with van der Waals surface area (Å²) in [5.74, 6) is -0.167. The number of hydrogen-bond acceptors (Lipinski definition) is 4. The van der Waals surface area contributed by atoms with Crippen molar-refractivity contribution in [2.24, 2.45) is 0 Å². The van der Waals surface area contributed by atoms with Gasteiger partial charge >= 0.3 is 0 Å². The van der Waals surface area contributed by atoms with Gasteiger partial charge in [-0.1, -0.05) is 6.07 Å². The summed E-state index contributed by atoms with van der Waals surface area (Å²) in [7, 11) is 1.55. The van der Waals surface area contributed by atoms with E-state index in [0.29, 0.717) is 17.2 Å². The SMILES string of the molecule is COc1ccc(OCC(=O)NCC(=O)Nc2cccc(F)c2)cc1. The number of methoxy groups -OCH3 is 1. The minimum absolute atomic E-state index is 0.223. The maximum absolute atomic E-state index is 13.0. The number of carbonyl (C=O) groups is 2. The molecule has 0 heterocycles. The predicted octanol–water partition coefficient (Wildman–Crippen LogP) is 1.97. The Balaban J connectivity index is 1.71. The van der Waals surface area contributed by atoms with Crippen LogP contribution >= 0.6 is 0 Å². The van der Waals surface area contributed by atoms with Crippen LogP contribution in [0.2, 0.25) is 0 Å². The molecule has 2 aromatic rings. The highest BCUT2D eigenvalue weighted by Crippen LogP contribution is 2.16. The second-order valence-corrected chi connectivity index (χ2v) is 4.80. The van der Waals surface area contributed by atoms with Crippen LogP contribution in [0.25, 0.3) is 0 Å². The average Bonchev–Trinajstić information content (AvgIpc) is 2.58. The summed E-state index contributed by atoms with van der Waals surface area (Å²) >= 11 is 0. The van der Waals surface area contributed by atoms with Gasteiger partial charge in [-0.25, -0.2) is 4.39 Å².